The van der Waals surface area contributed by atoms with Gasteiger partial charge in [0, 0.05) is 31.7 Å². The van der Waals surface area contributed by atoms with E-state index >= 15 is 0 Å². The number of pyridine rings is 1. The first-order valence-corrected chi connectivity index (χ1v) is 5.98. The Morgan fingerprint density at radius 2 is 2.33 bits per heavy atom. The van der Waals surface area contributed by atoms with Gasteiger partial charge < -0.3 is 10.2 Å². The van der Waals surface area contributed by atoms with Gasteiger partial charge in [-0.3, -0.25) is 4.79 Å². The average Bonchev–Trinajstić information content (AvgIpc) is 2.33. The molecule has 1 aromatic rings. The number of anilines is 1. The Kier molecular flexibility index (Phi) is 3.47. The third kappa shape index (κ3) is 2.77. The highest BCUT2D eigenvalue weighted by molar-refractivity contribution is 5.77. The lowest BCUT2D eigenvalue weighted by Crippen LogP contribution is -2.43. The van der Waals surface area contributed by atoms with Gasteiger partial charge in [-0.05, 0) is 25.5 Å². The number of hydrogen-bond donors (Lipinski definition) is 1. The summed E-state index contributed by atoms with van der Waals surface area (Å²) in [6.07, 6.45) is 1.37. The summed E-state index contributed by atoms with van der Waals surface area (Å²) in [6.45, 7) is 2.54. The average molecular weight is 244 g/mol. The highest BCUT2D eigenvalue weighted by Gasteiger charge is 2.22. The summed E-state index contributed by atoms with van der Waals surface area (Å²) in [6, 6.07) is 5.81. The first-order chi connectivity index (χ1) is 8.58. The summed E-state index contributed by atoms with van der Waals surface area (Å²) in [5.41, 5.74) is 1.42. The van der Waals surface area contributed by atoms with Gasteiger partial charge in [-0.25, -0.2) is 4.98 Å². The number of piperidine rings is 1. The van der Waals surface area contributed by atoms with Crippen molar-refractivity contribution >= 4 is 11.7 Å². The number of rotatable bonds is 2. The lowest BCUT2D eigenvalue weighted by Gasteiger charge is -2.30. The molecule has 1 N–H and O–H groups in total. The van der Waals surface area contributed by atoms with Crippen molar-refractivity contribution in [2.24, 2.45) is 0 Å². The molecule has 1 aliphatic heterocycles. The van der Waals surface area contributed by atoms with Gasteiger partial charge in [0.2, 0.25) is 5.91 Å². The van der Waals surface area contributed by atoms with Gasteiger partial charge in [0.25, 0.3) is 0 Å². The van der Waals surface area contributed by atoms with E-state index in [-0.39, 0.29) is 11.9 Å². The molecule has 0 radical (unpaired) electrons. The molecule has 0 saturated carbocycles. The van der Waals surface area contributed by atoms with E-state index in [0.717, 1.165) is 12.1 Å². The van der Waals surface area contributed by atoms with Crippen LogP contribution in [0.15, 0.2) is 12.1 Å². The van der Waals surface area contributed by atoms with E-state index in [9.17, 15) is 4.79 Å². The number of carbonyl (C=O) groups is 1. The van der Waals surface area contributed by atoms with Crippen molar-refractivity contribution in [1.82, 2.24) is 9.88 Å². The molecule has 0 bridgehead atoms. The molecule has 1 amide bonds. The number of hydrogen-bond acceptors (Lipinski definition) is 4. The van der Waals surface area contributed by atoms with Gasteiger partial charge >= 0.3 is 0 Å². The van der Waals surface area contributed by atoms with Gasteiger partial charge in [0.1, 0.15) is 5.82 Å². The molecule has 5 heteroatoms. The van der Waals surface area contributed by atoms with Crippen LogP contribution in [0.4, 0.5) is 5.82 Å². The normalized spacial score (nSPS) is 19.5. The standard InChI is InChI=1S/C13H16N4O/c1-9-5-10(7-14)6-12(15-9)16-11-3-4-13(18)17(2)8-11/h5-6,11H,3-4,8H2,1-2H3,(H,15,16). The first kappa shape index (κ1) is 12.4. The second kappa shape index (κ2) is 5.05. The van der Waals surface area contributed by atoms with Crippen LogP contribution >= 0.6 is 0 Å². The summed E-state index contributed by atoms with van der Waals surface area (Å²) >= 11 is 0. The predicted octanol–water partition coefficient (Wildman–Crippen LogP) is 1.29. The molecule has 1 aromatic heterocycles. The number of nitrogens with one attached hydrogen (secondary N) is 1. The quantitative estimate of drug-likeness (QED) is 0.851. The van der Waals surface area contributed by atoms with Gasteiger partial charge in [-0.15, -0.1) is 0 Å². The number of amides is 1. The van der Waals surface area contributed by atoms with E-state index in [1.54, 1.807) is 24.1 Å². The lowest BCUT2D eigenvalue weighted by molar-refractivity contribution is -0.132. The Bertz CT molecular complexity index is 506. The molecule has 2 rings (SSSR count). The maximum Gasteiger partial charge on any atom is 0.222 e. The van der Waals surface area contributed by atoms with E-state index in [0.29, 0.717) is 24.3 Å². The number of likely N-dealkylation sites (N-methyl/N-ethyl adjacent to an activating group) is 1. The highest BCUT2D eigenvalue weighted by atomic mass is 16.2. The van der Waals surface area contributed by atoms with E-state index in [2.05, 4.69) is 16.4 Å². The van der Waals surface area contributed by atoms with Crippen LogP contribution < -0.4 is 5.32 Å². The van der Waals surface area contributed by atoms with E-state index in [1.807, 2.05) is 6.92 Å². The summed E-state index contributed by atoms with van der Waals surface area (Å²) in [7, 11) is 1.81. The lowest BCUT2D eigenvalue weighted by atomic mass is 10.1. The maximum absolute atomic E-state index is 11.4. The molecule has 94 valence electrons. The van der Waals surface area contributed by atoms with Crippen molar-refractivity contribution in [2.75, 3.05) is 18.9 Å². The SMILES string of the molecule is Cc1cc(C#N)cc(NC2CCC(=O)N(C)C2)n1. The fraction of sp³-hybridized carbons (Fsp3) is 0.462. The predicted molar refractivity (Wildman–Crippen MR) is 68.0 cm³/mol. The fourth-order valence-electron chi connectivity index (χ4n) is 2.15. The van der Waals surface area contributed by atoms with Crippen LogP contribution in [0.1, 0.15) is 24.1 Å². The largest absolute Gasteiger partial charge is 0.365 e. The van der Waals surface area contributed by atoms with Crippen LogP contribution in [-0.4, -0.2) is 35.4 Å². The smallest absolute Gasteiger partial charge is 0.222 e. The molecule has 1 aliphatic rings. The molecule has 2 heterocycles. The molecule has 1 atom stereocenters. The molecule has 1 saturated heterocycles. The van der Waals surface area contributed by atoms with Gasteiger partial charge in [-0.2, -0.15) is 5.26 Å². The molecule has 5 nitrogen and oxygen atoms in total. The molecule has 0 aromatic carbocycles. The van der Waals surface area contributed by atoms with Crippen molar-refractivity contribution in [3.05, 3.63) is 23.4 Å². The zero-order chi connectivity index (χ0) is 13.1. The van der Waals surface area contributed by atoms with Crippen LogP contribution in [0.2, 0.25) is 0 Å². The van der Waals surface area contributed by atoms with Crippen molar-refractivity contribution in [2.45, 2.75) is 25.8 Å². The van der Waals surface area contributed by atoms with Gasteiger partial charge in [0.15, 0.2) is 0 Å². The fourth-order valence-corrected chi connectivity index (χ4v) is 2.15. The number of aromatic nitrogens is 1. The van der Waals surface area contributed by atoms with Crippen molar-refractivity contribution in [1.29, 1.82) is 5.26 Å². The zero-order valence-electron chi connectivity index (χ0n) is 10.6. The number of aryl methyl sites for hydroxylation is 1. The van der Waals surface area contributed by atoms with Gasteiger partial charge in [-0.1, -0.05) is 0 Å². The number of carbonyl (C=O) groups excluding carboxylic acids is 1. The van der Waals surface area contributed by atoms with Crippen LogP contribution in [0, 0.1) is 18.3 Å². The molecule has 0 aliphatic carbocycles. The minimum Gasteiger partial charge on any atom is -0.365 e. The van der Waals surface area contributed by atoms with E-state index in [4.69, 9.17) is 5.26 Å². The summed E-state index contributed by atoms with van der Waals surface area (Å²) in [5, 5.41) is 12.2. The molecular formula is C13H16N4O. The molecule has 1 fully saturated rings. The Hall–Kier alpha value is -2.09. The summed E-state index contributed by atoms with van der Waals surface area (Å²) < 4.78 is 0. The Morgan fingerprint density at radius 3 is 3.00 bits per heavy atom. The van der Waals surface area contributed by atoms with E-state index < -0.39 is 0 Å². The minimum absolute atomic E-state index is 0.183. The molecule has 0 spiro atoms. The third-order valence-corrected chi connectivity index (χ3v) is 3.06. The Labute approximate surface area is 106 Å². The molecular weight excluding hydrogens is 228 g/mol. The van der Waals surface area contributed by atoms with E-state index in [1.165, 1.54) is 0 Å². The van der Waals surface area contributed by atoms with Crippen molar-refractivity contribution in [3.63, 3.8) is 0 Å². The number of likely N-dealkylation sites (tertiary alicyclic amines) is 1. The maximum atomic E-state index is 11.4. The summed E-state index contributed by atoms with van der Waals surface area (Å²) in [5.74, 6) is 0.891. The number of nitriles is 1. The third-order valence-electron chi connectivity index (χ3n) is 3.06. The van der Waals surface area contributed by atoms with Crippen LogP contribution in [-0.2, 0) is 4.79 Å². The molecule has 1 unspecified atom stereocenters. The Balaban J connectivity index is 2.08. The monoisotopic (exact) mass is 244 g/mol. The van der Waals surface area contributed by atoms with Gasteiger partial charge in [0.05, 0.1) is 11.6 Å². The number of nitrogens with zero attached hydrogens (tertiary/aromatic N) is 3. The second-order valence-corrected chi connectivity index (χ2v) is 4.65. The molecule has 18 heavy (non-hydrogen) atoms. The van der Waals surface area contributed by atoms with Crippen molar-refractivity contribution in [3.8, 4) is 6.07 Å². The van der Waals surface area contributed by atoms with Crippen molar-refractivity contribution < 1.29 is 4.79 Å². The van der Waals surface area contributed by atoms with Crippen LogP contribution in [0.25, 0.3) is 0 Å². The van der Waals surface area contributed by atoms with Crippen LogP contribution in [0.3, 0.4) is 0 Å². The Morgan fingerprint density at radius 1 is 1.56 bits per heavy atom. The summed E-state index contributed by atoms with van der Waals surface area (Å²) in [4.78, 5) is 17.5. The highest BCUT2D eigenvalue weighted by Crippen LogP contribution is 2.16. The minimum atomic E-state index is 0.183. The second-order valence-electron chi connectivity index (χ2n) is 4.65. The van der Waals surface area contributed by atoms with Crippen LogP contribution in [0.5, 0.6) is 0 Å². The first-order valence-electron chi connectivity index (χ1n) is 5.98. The topological polar surface area (TPSA) is 69.0 Å². The zero-order valence-corrected chi connectivity index (χ0v) is 10.6.